The van der Waals surface area contributed by atoms with Gasteiger partial charge < -0.3 is 0 Å². The quantitative estimate of drug-likeness (QED) is 0.584. The summed E-state index contributed by atoms with van der Waals surface area (Å²) in [5, 5.41) is 0. The standard InChI is InChI=1S/C7H8O3S.Ni/c1-6-3-2-4-7(5-6)11(8,9)10;/h2-5H,1H3,(H,8,9,10);. The summed E-state index contributed by atoms with van der Waals surface area (Å²) in [5.41, 5.74) is 0.806. The van der Waals surface area contributed by atoms with E-state index in [9.17, 15) is 8.42 Å². The molecule has 0 fully saturated rings. The van der Waals surface area contributed by atoms with Crippen LogP contribution in [0.4, 0.5) is 0 Å². The Labute approximate surface area is 81.5 Å². The molecule has 0 atom stereocenters. The van der Waals surface area contributed by atoms with E-state index in [0.29, 0.717) is 0 Å². The van der Waals surface area contributed by atoms with Crippen LogP contribution in [0.1, 0.15) is 5.56 Å². The van der Waals surface area contributed by atoms with Gasteiger partial charge in [-0.05, 0) is 24.6 Å². The maximum absolute atomic E-state index is 10.5. The molecule has 1 aromatic rings. The molecule has 0 bridgehead atoms. The Kier molecular flexibility index (Phi) is 3.90. The van der Waals surface area contributed by atoms with Gasteiger partial charge in [-0.15, -0.1) is 0 Å². The van der Waals surface area contributed by atoms with Crippen molar-refractivity contribution in [1.82, 2.24) is 0 Å². The van der Waals surface area contributed by atoms with Crippen molar-refractivity contribution in [3.05, 3.63) is 29.8 Å². The minimum Gasteiger partial charge on any atom is -0.282 e. The zero-order valence-corrected chi connectivity index (χ0v) is 8.10. The largest absolute Gasteiger partial charge is 0.294 e. The molecular formula is C7H8NiO3S. The van der Waals surface area contributed by atoms with Gasteiger partial charge in [-0.2, -0.15) is 8.42 Å². The van der Waals surface area contributed by atoms with E-state index >= 15 is 0 Å². The first-order valence-corrected chi connectivity index (χ1v) is 4.48. The first kappa shape index (κ1) is 11.6. The third kappa shape index (κ3) is 2.93. The summed E-state index contributed by atoms with van der Waals surface area (Å²) >= 11 is 0. The van der Waals surface area contributed by atoms with Gasteiger partial charge in [0.2, 0.25) is 0 Å². The molecular weight excluding hydrogens is 223 g/mol. The van der Waals surface area contributed by atoms with Crippen LogP contribution in [0.5, 0.6) is 0 Å². The minimum absolute atomic E-state index is 0. The summed E-state index contributed by atoms with van der Waals surface area (Å²) in [6, 6.07) is 6.10. The van der Waals surface area contributed by atoms with Crippen molar-refractivity contribution < 1.29 is 29.5 Å². The van der Waals surface area contributed by atoms with Gasteiger partial charge in [0.25, 0.3) is 10.1 Å². The van der Waals surface area contributed by atoms with Gasteiger partial charge >= 0.3 is 0 Å². The molecule has 0 unspecified atom stereocenters. The van der Waals surface area contributed by atoms with Crippen LogP contribution in [0, 0.1) is 6.92 Å². The second-order valence-electron chi connectivity index (χ2n) is 2.29. The van der Waals surface area contributed by atoms with E-state index in [-0.39, 0.29) is 21.4 Å². The molecule has 0 saturated heterocycles. The Bertz CT molecular complexity index is 359. The van der Waals surface area contributed by atoms with E-state index in [0.717, 1.165) is 5.56 Å². The number of hydrogen-bond acceptors (Lipinski definition) is 2. The predicted octanol–water partition coefficient (Wildman–Crippen LogP) is 1.24. The van der Waals surface area contributed by atoms with Crippen LogP contribution in [-0.2, 0) is 26.6 Å². The van der Waals surface area contributed by atoms with Crippen molar-refractivity contribution in [3.63, 3.8) is 0 Å². The third-order valence-corrected chi connectivity index (χ3v) is 2.14. The van der Waals surface area contributed by atoms with Gasteiger partial charge in [0, 0.05) is 16.5 Å². The summed E-state index contributed by atoms with van der Waals surface area (Å²) in [5.74, 6) is 0. The Morgan fingerprint density at radius 3 is 2.25 bits per heavy atom. The fourth-order valence-electron chi connectivity index (χ4n) is 0.776. The molecule has 0 aliphatic heterocycles. The average molecular weight is 231 g/mol. The summed E-state index contributed by atoms with van der Waals surface area (Å²) in [6.45, 7) is 1.76. The SMILES string of the molecule is Cc1cccc(S(=O)(=O)O)c1.[Ni]. The first-order chi connectivity index (χ1) is 5.00. The van der Waals surface area contributed by atoms with Crippen LogP contribution in [0.2, 0.25) is 0 Å². The van der Waals surface area contributed by atoms with Crippen molar-refractivity contribution in [3.8, 4) is 0 Å². The number of rotatable bonds is 1. The molecule has 1 aromatic carbocycles. The molecule has 0 saturated carbocycles. The molecule has 0 aromatic heterocycles. The van der Waals surface area contributed by atoms with E-state index in [4.69, 9.17) is 4.55 Å². The van der Waals surface area contributed by atoms with Gasteiger partial charge in [-0.3, -0.25) is 4.55 Å². The number of aryl methyl sites for hydroxylation is 1. The minimum atomic E-state index is -4.03. The molecule has 1 N–H and O–H groups in total. The van der Waals surface area contributed by atoms with Crippen molar-refractivity contribution >= 4 is 10.1 Å². The Morgan fingerprint density at radius 1 is 1.33 bits per heavy atom. The van der Waals surface area contributed by atoms with Crippen LogP contribution in [0.15, 0.2) is 29.2 Å². The zero-order valence-electron chi connectivity index (χ0n) is 6.30. The van der Waals surface area contributed by atoms with Gasteiger partial charge in [-0.1, -0.05) is 12.1 Å². The van der Waals surface area contributed by atoms with Crippen molar-refractivity contribution in [1.29, 1.82) is 0 Å². The van der Waals surface area contributed by atoms with Gasteiger partial charge in [0.15, 0.2) is 0 Å². The van der Waals surface area contributed by atoms with Crippen LogP contribution < -0.4 is 0 Å². The second-order valence-corrected chi connectivity index (χ2v) is 3.71. The molecule has 5 heteroatoms. The maximum atomic E-state index is 10.5. The average Bonchev–Trinajstić information content (AvgIpc) is 1.86. The van der Waals surface area contributed by atoms with Crippen LogP contribution in [-0.4, -0.2) is 13.0 Å². The monoisotopic (exact) mass is 230 g/mol. The predicted molar refractivity (Wildman–Crippen MR) is 41.0 cm³/mol. The first-order valence-electron chi connectivity index (χ1n) is 3.04. The topological polar surface area (TPSA) is 54.4 Å². The second kappa shape index (κ2) is 4.03. The van der Waals surface area contributed by atoms with Crippen LogP contribution in [0.3, 0.4) is 0 Å². The van der Waals surface area contributed by atoms with Gasteiger partial charge in [0.1, 0.15) is 0 Å². The molecule has 0 amide bonds. The normalized spacial score (nSPS) is 10.5. The van der Waals surface area contributed by atoms with Crippen LogP contribution >= 0.6 is 0 Å². The molecule has 0 radical (unpaired) electrons. The van der Waals surface area contributed by atoms with Crippen LogP contribution in [0.25, 0.3) is 0 Å². The molecule has 12 heavy (non-hydrogen) atoms. The molecule has 3 nitrogen and oxygen atoms in total. The smallest absolute Gasteiger partial charge is 0.282 e. The Morgan fingerprint density at radius 2 is 1.92 bits per heavy atom. The third-order valence-electron chi connectivity index (χ3n) is 1.29. The molecule has 0 aliphatic rings. The summed E-state index contributed by atoms with van der Waals surface area (Å²) in [7, 11) is -4.03. The summed E-state index contributed by atoms with van der Waals surface area (Å²) in [4.78, 5) is -0.0579. The molecule has 0 spiro atoms. The molecule has 0 aliphatic carbocycles. The van der Waals surface area contributed by atoms with E-state index in [1.807, 2.05) is 0 Å². The zero-order chi connectivity index (χ0) is 8.48. The summed E-state index contributed by atoms with van der Waals surface area (Å²) in [6.07, 6.45) is 0. The fourth-order valence-corrected chi connectivity index (χ4v) is 1.36. The number of benzene rings is 1. The Hall–Kier alpha value is -0.376. The molecule has 70 valence electrons. The molecule has 1 rings (SSSR count). The van der Waals surface area contributed by atoms with E-state index in [2.05, 4.69) is 0 Å². The summed E-state index contributed by atoms with van der Waals surface area (Å²) < 4.78 is 29.7. The van der Waals surface area contributed by atoms with E-state index in [1.54, 1.807) is 19.1 Å². The maximum Gasteiger partial charge on any atom is 0.294 e. The van der Waals surface area contributed by atoms with Gasteiger partial charge in [-0.25, -0.2) is 0 Å². The van der Waals surface area contributed by atoms with Crippen molar-refractivity contribution in [2.45, 2.75) is 11.8 Å². The fraction of sp³-hybridized carbons (Fsp3) is 0.143. The van der Waals surface area contributed by atoms with Crippen molar-refractivity contribution in [2.24, 2.45) is 0 Å². The van der Waals surface area contributed by atoms with Gasteiger partial charge in [0.05, 0.1) is 4.90 Å². The van der Waals surface area contributed by atoms with Crippen molar-refractivity contribution in [2.75, 3.05) is 0 Å². The van der Waals surface area contributed by atoms with E-state index in [1.165, 1.54) is 12.1 Å². The van der Waals surface area contributed by atoms with E-state index < -0.39 is 10.1 Å². The molecule has 0 heterocycles. The Balaban J connectivity index is 0.00000121. The number of hydrogen-bond donors (Lipinski definition) is 1.